The van der Waals surface area contributed by atoms with Gasteiger partial charge in [-0.15, -0.1) is 0 Å². The fraction of sp³-hybridized carbons (Fsp3) is 0.200. The molecular formula is C10H10O4. The van der Waals surface area contributed by atoms with E-state index in [4.69, 9.17) is 5.11 Å². The van der Waals surface area contributed by atoms with Crippen LogP contribution in [0.5, 0.6) is 0 Å². The van der Waals surface area contributed by atoms with Gasteiger partial charge in [0.05, 0.1) is 5.56 Å². The number of aliphatic hydroxyl groups excluding tert-OH is 1. The molecule has 0 aliphatic rings. The average Bonchev–Trinajstić information content (AvgIpc) is 2.19. The van der Waals surface area contributed by atoms with E-state index in [0.29, 0.717) is 0 Å². The molecule has 0 bridgehead atoms. The summed E-state index contributed by atoms with van der Waals surface area (Å²) in [5, 5.41) is 8.79. The minimum atomic E-state index is -1.29. The molecule has 0 fully saturated rings. The lowest BCUT2D eigenvalue weighted by atomic mass is 10.2. The zero-order chi connectivity index (χ0) is 10.6. The molecule has 14 heavy (non-hydrogen) atoms. The van der Waals surface area contributed by atoms with E-state index >= 15 is 0 Å². The molecule has 1 aromatic carbocycles. The van der Waals surface area contributed by atoms with Gasteiger partial charge in [-0.25, -0.2) is 9.59 Å². The monoisotopic (exact) mass is 194 g/mol. The quantitative estimate of drug-likeness (QED) is 0.557. The summed E-state index contributed by atoms with van der Waals surface area (Å²) < 4.78 is 4.37. The second-order valence-corrected chi connectivity index (χ2v) is 2.75. The maximum absolute atomic E-state index is 11.2. The van der Waals surface area contributed by atoms with Gasteiger partial charge in [-0.1, -0.05) is 18.2 Å². The number of rotatable bonds is 2. The molecule has 4 nitrogen and oxygen atoms in total. The van der Waals surface area contributed by atoms with Crippen molar-refractivity contribution in [1.82, 2.24) is 0 Å². The third-order valence-electron chi connectivity index (χ3n) is 1.54. The van der Waals surface area contributed by atoms with Crippen LogP contribution in [0.3, 0.4) is 0 Å². The number of carbonyl (C=O) groups is 2. The summed E-state index contributed by atoms with van der Waals surface area (Å²) in [5.41, 5.74) is 0.279. The molecule has 1 rings (SSSR count). The number of aliphatic hydroxyl groups is 1. The highest BCUT2D eigenvalue weighted by atomic mass is 16.6. The normalized spacial score (nSPS) is 11.9. The van der Waals surface area contributed by atoms with Crippen molar-refractivity contribution in [2.75, 3.05) is 0 Å². The SMILES string of the molecule is C[C@H](O)C(=O)OC(=O)c1ccccc1. The van der Waals surface area contributed by atoms with Gasteiger partial charge in [0.2, 0.25) is 0 Å². The van der Waals surface area contributed by atoms with E-state index < -0.39 is 18.0 Å². The number of carbonyl (C=O) groups excluding carboxylic acids is 2. The lowest BCUT2D eigenvalue weighted by Crippen LogP contribution is -2.22. The van der Waals surface area contributed by atoms with Crippen LogP contribution in [0.15, 0.2) is 30.3 Å². The van der Waals surface area contributed by atoms with Crippen LogP contribution in [0.1, 0.15) is 17.3 Å². The predicted molar refractivity (Wildman–Crippen MR) is 48.5 cm³/mol. The molecule has 74 valence electrons. The topological polar surface area (TPSA) is 63.6 Å². The van der Waals surface area contributed by atoms with Crippen LogP contribution in [0.25, 0.3) is 0 Å². The minimum absolute atomic E-state index is 0.279. The van der Waals surface area contributed by atoms with Crippen molar-refractivity contribution in [3.63, 3.8) is 0 Å². The van der Waals surface area contributed by atoms with Crippen LogP contribution in [-0.2, 0) is 9.53 Å². The molecule has 0 saturated carbocycles. The first kappa shape index (κ1) is 10.4. The van der Waals surface area contributed by atoms with Crippen LogP contribution in [0, 0.1) is 0 Å². The lowest BCUT2D eigenvalue weighted by Gasteiger charge is -2.03. The number of hydrogen-bond acceptors (Lipinski definition) is 4. The highest BCUT2D eigenvalue weighted by Crippen LogP contribution is 2.01. The number of ether oxygens (including phenoxy) is 1. The van der Waals surface area contributed by atoms with Crippen LogP contribution in [0.4, 0.5) is 0 Å². The molecule has 4 heteroatoms. The van der Waals surface area contributed by atoms with E-state index in [1.54, 1.807) is 18.2 Å². The molecule has 1 N–H and O–H groups in total. The third kappa shape index (κ3) is 2.67. The first-order valence-electron chi connectivity index (χ1n) is 4.10. The number of benzene rings is 1. The average molecular weight is 194 g/mol. The highest BCUT2D eigenvalue weighted by molar-refractivity contribution is 5.97. The van der Waals surface area contributed by atoms with Crippen LogP contribution >= 0.6 is 0 Å². The van der Waals surface area contributed by atoms with E-state index in [9.17, 15) is 9.59 Å². The van der Waals surface area contributed by atoms with Gasteiger partial charge < -0.3 is 9.84 Å². The Bertz CT molecular complexity index is 329. The van der Waals surface area contributed by atoms with Crippen LogP contribution in [0.2, 0.25) is 0 Å². The van der Waals surface area contributed by atoms with Crippen molar-refractivity contribution in [1.29, 1.82) is 0 Å². The molecule has 0 saturated heterocycles. The van der Waals surface area contributed by atoms with Gasteiger partial charge in [-0.05, 0) is 19.1 Å². The molecule has 1 atom stereocenters. The summed E-state index contributed by atoms with van der Waals surface area (Å²) in [7, 11) is 0. The zero-order valence-electron chi connectivity index (χ0n) is 7.64. The molecule has 0 radical (unpaired) electrons. The van der Waals surface area contributed by atoms with Gasteiger partial charge >= 0.3 is 11.9 Å². The Balaban J connectivity index is 2.65. The largest absolute Gasteiger partial charge is 0.387 e. The molecule has 0 aliphatic heterocycles. The summed E-state index contributed by atoms with van der Waals surface area (Å²) in [6.45, 7) is 1.24. The van der Waals surface area contributed by atoms with Gasteiger partial charge in [0.25, 0.3) is 0 Å². The third-order valence-corrected chi connectivity index (χ3v) is 1.54. The van der Waals surface area contributed by atoms with E-state index in [2.05, 4.69) is 4.74 Å². The first-order chi connectivity index (χ1) is 6.61. The second-order valence-electron chi connectivity index (χ2n) is 2.75. The van der Waals surface area contributed by atoms with Crippen molar-refractivity contribution in [3.05, 3.63) is 35.9 Å². The standard InChI is InChI=1S/C10H10O4/c1-7(11)9(12)14-10(13)8-5-3-2-4-6-8/h2-7,11H,1H3/t7-/m0/s1. The van der Waals surface area contributed by atoms with E-state index in [1.807, 2.05) is 0 Å². The molecule has 0 heterocycles. The minimum Gasteiger partial charge on any atom is -0.387 e. The molecule has 0 aromatic heterocycles. The number of esters is 2. The van der Waals surface area contributed by atoms with Crippen molar-refractivity contribution in [2.45, 2.75) is 13.0 Å². The second kappa shape index (κ2) is 4.53. The molecule has 1 aromatic rings. The highest BCUT2D eigenvalue weighted by Gasteiger charge is 2.16. The van der Waals surface area contributed by atoms with Crippen LogP contribution in [-0.4, -0.2) is 23.1 Å². The van der Waals surface area contributed by atoms with Crippen molar-refractivity contribution in [3.8, 4) is 0 Å². The summed E-state index contributed by atoms with van der Waals surface area (Å²) in [5.74, 6) is -1.70. The Morgan fingerprint density at radius 2 is 1.86 bits per heavy atom. The van der Waals surface area contributed by atoms with Crippen molar-refractivity contribution >= 4 is 11.9 Å². The predicted octanol–water partition coefficient (Wildman–Crippen LogP) is 0.751. The smallest absolute Gasteiger partial charge is 0.345 e. The summed E-state index contributed by atoms with van der Waals surface area (Å²) in [6, 6.07) is 8.11. The fourth-order valence-corrected chi connectivity index (χ4v) is 0.810. The Morgan fingerprint density at radius 3 is 2.36 bits per heavy atom. The Hall–Kier alpha value is -1.68. The fourth-order valence-electron chi connectivity index (χ4n) is 0.810. The summed E-state index contributed by atoms with van der Waals surface area (Å²) in [6.07, 6.45) is -1.29. The van der Waals surface area contributed by atoms with Crippen LogP contribution < -0.4 is 0 Å². The van der Waals surface area contributed by atoms with Gasteiger partial charge in [0.1, 0.15) is 6.10 Å². The Labute approximate surface area is 81.1 Å². The lowest BCUT2D eigenvalue weighted by molar-refractivity contribution is -0.146. The molecular weight excluding hydrogens is 184 g/mol. The summed E-state index contributed by atoms with van der Waals surface area (Å²) in [4.78, 5) is 22.0. The van der Waals surface area contributed by atoms with E-state index in [-0.39, 0.29) is 5.56 Å². The van der Waals surface area contributed by atoms with E-state index in [0.717, 1.165) is 0 Å². The van der Waals surface area contributed by atoms with Crippen molar-refractivity contribution in [2.24, 2.45) is 0 Å². The van der Waals surface area contributed by atoms with E-state index in [1.165, 1.54) is 19.1 Å². The Morgan fingerprint density at radius 1 is 1.29 bits per heavy atom. The summed E-state index contributed by atoms with van der Waals surface area (Å²) >= 11 is 0. The Kier molecular flexibility index (Phi) is 3.36. The first-order valence-corrected chi connectivity index (χ1v) is 4.10. The molecule has 0 amide bonds. The number of hydrogen-bond donors (Lipinski definition) is 1. The molecule has 0 unspecified atom stereocenters. The maximum atomic E-state index is 11.2. The van der Waals surface area contributed by atoms with Gasteiger partial charge in [0.15, 0.2) is 0 Å². The molecule has 0 aliphatic carbocycles. The van der Waals surface area contributed by atoms with Crippen molar-refractivity contribution < 1.29 is 19.4 Å². The molecule has 0 spiro atoms. The van der Waals surface area contributed by atoms with Gasteiger partial charge in [0, 0.05) is 0 Å². The maximum Gasteiger partial charge on any atom is 0.345 e. The van der Waals surface area contributed by atoms with Gasteiger partial charge in [-0.3, -0.25) is 0 Å². The zero-order valence-corrected chi connectivity index (χ0v) is 7.64. The van der Waals surface area contributed by atoms with Gasteiger partial charge in [-0.2, -0.15) is 0 Å².